The summed E-state index contributed by atoms with van der Waals surface area (Å²) in [5.41, 5.74) is 1.26. The Balaban J connectivity index is 1.52. The van der Waals surface area contributed by atoms with Gasteiger partial charge in [-0.3, -0.25) is 24.6 Å². The maximum Gasteiger partial charge on any atom is 0.250 e. The van der Waals surface area contributed by atoms with Crippen molar-refractivity contribution < 1.29 is 14.4 Å². The summed E-state index contributed by atoms with van der Waals surface area (Å²) < 4.78 is 0.822. The highest BCUT2D eigenvalue weighted by atomic mass is 79.9. The van der Waals surface area contributed by atoms with Gasteiger partial charge in [0, 0.05) is 28.3 Å². The van der Waals surface area contributed by atoms with Crippen molar-refractivity contribution in [3.63, 3.8) is 0 Å². The number of nitrogens with zero attached hydrogens (tertiary/aromatic N) is 1. The van der Waals surface area contributed by atoms with Crippen LogP contribution in [0.1, 0.15) is 18.1 Å². The number of carbonyl (C=O) groups excluding carboxylic acids is 3. The van der Waals surface area contributed by atoms with Crippen LogP contribution in [-0.4, -0.2) is 35.2 Å². The lowest BCUT2D eigenvalue weighted by atomic mass is 9.76. The minimum atomic E-state index is -1.21. The molecule has 2 aromatic rings. The van der Waals surface area contributed by atoms with Crippen molar-refractivity contribution in [3.8, 4) is 0 Å². The maximum absolute atomic E-state index is 13.4. The summed E-state index contributed by atoms with van der Waals surface area (Å²) in [6, 6.07) is 15.0. The molecule has 3 amide bonds. The normalized spacial score (nSPS) is 30.1. The molecule has 3 heterocycles. The number of rotatable bonds is 3. The predicted molar refractivity (Wildman–Crippen MR) is 111 cm³/mol. The first-order valence-electron chi connectivity index (χ1n) is 9.72. The molecule has 0 bridgehead atoms. The molecule has 2 fully saturated rings. The Morgan fingerprint density at radius 3 is 2.59 bits per heavy atom. The topological polar surface area (TPSA) is 78.5 Å². The lowest BCUT2D eigenvalue weighted by molar-refractivity contribution is -0.142. The van der Waals surface area contributed by atoms with Crippen LogP contribution in [0, 0.1) is 11.8 Å². The summed E-state index contributed by atoms with van der Waals surface area (Å²) in [7, 11) is 0. The van der Waals surface area contributed by atoms with Crippen molar-refractivity contribution in [1.82, 2.24) is 10.2 Å². The number of hydrogen-bond acceptors (Lipinski definition) is 4. The lowest BCUT2D eigenvalue weighted by Crippen LogP contribution is -2.53. The number of benzene rings is 2. The first-order chi connectivity index (χ1) is 13.9. The summed E-state index contributed by atoms with van der Waals surface area (Å²) in [6.07, 6.45) is 0.598. The molecule has 0 aliphatic carbocycles. The molecule has 6 nitrogen and oxygen atoms in total. The molecule has 7 heteroatoms. The van der Waals surface area contributed by atoms with Gasteiger partial charge in [-0.15, -0.1) is 0 Å². The number of fused-ring (bicyclic) bond motifs is 4. The van der Waals surface area contributed by atoms with Crippen molar-refractivity contribution in [3.05, 3.63) is 64.1 Å². The highest BCUT2D eigenvalue weighted by molar-refractivity contribution is 9.10. The average molecular weight is 454 g/mol. The number of likely N-dealkylation sites (tertiary alicyclic amines) is 1. The first kappa shape index (κ1) is 18.5. The van der Waals surface area contributed by atoms with E-state index in [1.165, 1.54) is 4.90 Å². The van der Waals surface area contributed by atoms with Crippen molar-refractivity contribution in [2.75, 3.05) is 11.9 Å². The SMILES string of the molecule is C[C@@H]1N[C@]2(C(=O)Nc3ccc(Br)cc32)[C@@H]2C(=O)N(CCc3ccccc3)C(=O)[C@H]12. The van der Waals surface area contributed by atoms with Crippen molar-refractivity contribution in [2.24, 2.45) is 11.8 Å². The van der Waals surface area contributed by atoms with Gasteiger partial charge in [0.15, 0.2) is 0 Å². The van der Waals surface area contributed by atoms with Crippen molar-refractivity contribution >= 4 is 39.3 Å². The smallest absolute Gasteiger partial charge is 0.250 e. The van der Waals surface area contributed by atoms with Crippen LogP contribution in [0.5, 0.6) is 0 Å². The molecule has 2 aromatic carbocycles. The number of hydrogen-bond donors (Lipinski definition) is 2. The molecule has 5 rings (SSSR count). The van der Waals surface area contributed by atoms with E-state index in [2.05, 4.69) is 26.6 Å². The molecule has 0 saturated carbocycles. The van der Waals surface area contributed by atoms with Gasteiger partial charge >= 0.3 is 0 Å². The zero-order chi connectivity index (χ0) is 20.3. The van der Waals surface area contributed by atoms with Gasteiger partial charge in [-0.2, -0.15) is 0 Å². The van der Waals surface area contributed by atoms with Crippen molar-refractivity contribution in [1.29, 1.82) is 0 Å². The second-order valence-electron chi connectivity index (χ2n) is 7.95. The molecule has 0 unspecified atom stereocenters. The number of amides is 3. The first-order valence-corrected chi connectivity index (χ1v) is 10.5. The van der Waals surface area contributed by atoms with E-state index >= 15 is 0 Å². The molecule has 0 radical (unpaired) electrons. The Morgan fingerprint density at radius 1 is 1.07 bits per heavy atom. The molecule has 2 saturated heterocycles. The van der Waals surface area contributed by atoms with Gasteiger partial charge in [0.25, 0.3) is 0 Å². The van der Waals surface area contributed by atoms with Crippen LogP contribution in [0.2, 0.25) is 0 Å². The third-order valence-corrected chi connectivity index (χ3v) is 6.88. The highest BCUT2D eigenvalue weighted by Crippen LogP contribution is 2.53. The molecular formula is C22H20BrN3O3. The van der Waals surface area contributed by atoms with Crippen LogP contribution in [0.15, 0.2) is 53.0 Å². The van der Waals surface area contributed by atoms with E-state index < -0.39 is 17.4 Å². The summed E-state index contributed by atoms with van der Waals surface area (Å²) in [5, 5.41) is 6.21. The molecule has 3 aliphatic rings. The van der Waals surface area contributed by atoms with Gasteiger partial charge in [-0.05, 0) is 37.1 Å². The molecule has 29 heavy (non-hydrogen) atoms. The summed E-state index contributed by atoms with van der Waals surface area (Å²) in [5.74, 6) is -2.01. The van der Waals surface area contributed by atoms with Crippen LogP contribution in [-0.2, 0) is 26.3 Å². The fourth-order valence-corrected chi connectivity index (χ4v) is 5.46. The highest BCUT2D eigenvalue weighted by Gasteiger charge is 2.69. The van der Waals surface area contributed by atoms with E-state index in [9.17, 15) is 14.4 Å². The van der Waals surface area contributed by atoms with E-state index in [4.69, 9.17) is 0 Å². The molecule has 2 N–H and O–H groups in total. The van der Waals surface area contributed by atoms with Crippen LogP contribution >= 0.6 is 15.9 Å². The summed E-state index contributed by atoms with van der Waals surface area (Å²) in [4.78, 5) is 41.1. The van der Waals surface area contributed by atoms with E-state index in [0.717, 1.165) is 15.6 Å². The fraction of sp³-hybridized carbons (Fsp3) is 0.318. The molecule has 0 aromatic heterocycles. The fourth-order valence-electron chi connectivity index (χ4n) is 5.10. The molecule has 3 aliphatic heterocycles. The van der Waals surface area contributed by atoms with Crippen LogP contribution in [0.3, 0.4) is 0 Å². The Morgan fingerprint density at radius 2 is 1.83 bits per heavy atom. The number of halogens is 1. The minimum Gasteiger partial charge on any atom is -0.324 e. The Bertz CT molecular complexity index is 1040. The van der Waals surface area contributed by atoms with E-state index in [1.807, 2.05) is 55.5 Å². The summed E-state index contributed by atoms with van der Waals surface area (Å²) in [6.45, 7) is 2.20. The van der Waals surface area contributed by atoms with E-state index in [0.29, 0.717) is 18.7 Å². The summed E-state index contributed by atoms with van der Waals surface area (Å²) >= 11 is 3.46. The zero-order valence-electron chi connectivity index (χ0n) is 15.8. The second-order valence-corrected chi connectivity index (χ2v) is 8.87. The minimum absolute atomic E-state index is 0.191. The number of nitrogens with one attached hydrogen (secondary N) is 2. The van der Waals surface area contributed by atoms with E-state index in [-0.39, 0.29) is 23.8 Å². The number of imide groups is 1. The Kier molecular flexibility index (Phi) is 4.15. The third kappa shape index (κ3) is 2.53. The lowest BCUT2D eigenvalue weighted by Gasteiger charge is -2.29. The van der Waals surface area contributed by atoms with Crippen molar-refractivity contribution in [2.45, 2.75) is 24.9 Å². The van der Waals surface area contributed by atoms with Gasteiger partial charge < -0.3 is 5.32 Å². The van der Waals surface area contributed by atoms with Crippen LogP contribution in [0.4, 0.5) is 5.69 Å². The standard InChI is InChI=1S/C22H20BrN3O3/c1-12-17-18(20(28)26(19(17)27)10-9-13-5-3-2-4-6-13)22(25-12)15-11-14(23)7-8-16(15)24-21(22)29/h2-8,11-12,17-18,25H,9-10H2,1H3,(H,24,29)/t12-,17+,18-,22-/m0/s1. The molecular weight excluding hydrogens is 434 g/mol. The average Bonchev–Trinajstić information content (AvgIpc) is 3.26. The quantitative estimate of drug-likeness (QED) is 0.699. The number of carbonyl (C=O) groups is 3. The van der Waals surface area contributed by atoms with Gasteiger partial charge in [0.1, 0.15) is 5.54 Å². The maximum atomic E-state index is 13.4. The predicted octanol–water partition coefficient (Wildman–Crippen LogP) is 2.43. The van der Waals surface area contributed by atoms with Gasteiger partial charge in [-0.25, -0.2) is 0 Å². The molecule has 148 valence electrons. The Hall–Kier alpha value is -2.51. The zero-order valence-corrected chi connectivity index (χ0v) is 17.4. The van der Waals surface area contributed by atoms with E-state index in [1.54, 1.807) is 0 Å². The van der Waals surface area contributed by atoms with Gasteiger partial charge in [-0.1, -0.05) is 46.3 Å². The molecule has 4 atom stereocenters. The molecule has 1 spiro atoms. The Labute approximate surface area is 176 Å². The monoisotopic (exact) mass is 453 g/mol. The van der Waals surface area contributed by atoms with Gasteiger partial charge in [0.05, 0.1) is 11.8 Å². The van der Waals surface area contributed by atoms with Gasteiger partial charge in [0.2, 0.25) is 17.7 Å². The van der Waals surface area contributed by atoms with Crippen LogP contribution < -0.4 is 10.6 Å². The third-order valence-electron chi connectivity index (χ3n) is 6.38. The second kappa shape index (κ2) is 6.50. The van der Waals surface area contributed by atoms with Crippen LogP contribution in [0.25, 0.3) is 0 Å². The number of anilines is 1. The largest absolute Gasteiger partial charge is 0.324 e.